The minimum Gasteiger partial charge on any atom is -0.467 e. The van der Waals surface area contributed by atoms with Crippen molar-refractivity contribution < 1.29 is 9.21 Å². The van der Waals surface area contributed by atoms with Crippen LogP contribution in [0, 0.1) is 6.92 Å². The van der Waals surface area contributed by atoms with Crippen LogP contribution in [-0.2, 0) is 4.79 Å². The van der Waals surface area contributed by atoms with Crippen LogP contribution in [0.15, 0.2) is 64.7 Å². The molecule has 2 atom stereocenters. The second-order valence-corrected chi connectivity index (χ2v) is 6.90. The highest BCUT2D eigenvalue weighted by Gasteiger charge is 2.40. The Balaban J connectivity index is 1.58. The van der Waals surface area contributed by atoms with Crippen LogP contribution in [0.3, 0.4) is 0 Å². The minimum absolute atomic E-state index is 0.131. The number of carbonyl (C=O) groups is 1. The van der Waals surface area contributed by atoms with E-state index in [9.17, 15) is 4.79 Å². The van der Waals surface area contributed by atoms with Gasteiger partial charge in [-0.2, -0.15) is 10.1 Å². The molecule has 3 heterocycles. The molecule has 0 bridgehead atoms. The highest BCUT2D eigenvalue weighted by Crippen LogP contribution is 2.43. The molecule has 2 aliphatic rings. The number of carbonyl (C=O) groups excluding carboxylic acids is 1. The molecule has 1 aliphatic carbocycles. The summed E-state index contributed by atoms with van der Waals surface area (Å²) in [5.74, 6) is 1.64. The first-order valence-corrected chi connectivity index (χ1v) is 8.73. The van der Waals surface area contributed by atoms with Gasteiger partial charge in [0.1, 0.15) is 18.1 Å². The van der Waals surface area contributed by atoms with Crippen molar-refractivity contribution in [3.05, 3.63) is 77.1 Å². The van der Waals surface area contributed by atoms with Gasteiger partial charge in [0.05, 0.1) is 6.26 Å². The van der Waals surface area contributed by atoms with Gasteiger partial charge in [0.2, 0.25) is 5.95 Å². The highest BCUT2D eigenvalue weighted by atomic mass is 16.3. The van der Waals surface area contributed by atoms with E-state index in [-0.39, 0.29) is 17.7 Å². The van der Waals surface area contributed by atoms with Gasteiger partial charge in [-0.05, 0) is 37.0 Å². The Labute approximate surface area is 150 Å². The molecule has 0 fully saturated rings. The number of furan rings is 1. The fourth-order valence-corrected chi connectivity index (χ4v) is 3.94. The van der Waals surface area contributed by atoms with Crippen LogP contribution in [0.2, 0.25) is 0 Å². The first kappa shape index (κ1) is 15.1. The van der Waals surface area contributed by atoms with Crippen LogP contribution in [0.25, 0.3) is 0 Å². The van der Waals surface area contributed by atoms with E-state index < -0.39 is 0 Å². The third-order valence-electron chi connectivity index (χ3n) is 5.22. The van der Waals surface area contributed by atoms with Gasteiger partial charge in [-0.25, -0.2) is 4.68 Å². The summed E-state index contributed by atoms with van der Waals surface area (Å²) < 4.78 is 7.34. The number of anilines is 1. The number of fused-ring (bicyclic) bond motifs is 1. The van der Waals surface area contributed by atoms with Crippen molar-refractivity contribution in [2.75, 3.05) is 5.32 Å². The van der Waals surface area contributed by atoms with Crippen molar-refractivity contribution in [2.24, 2.45) is 0 Å². The van der Waals surface area contributed by atoms with Crippen LogP contribution in [0.5, 0.6) is 0 Å². The van der Waals surface area contributed by atoms with Gasteiger partial charge in [0, 0.05) is 17.7 Å². The number of Topliss-reactive ketones (excluding diaryl/α,β-unsaturated/α-hetero) is 1. The number of ketones is 1. The SMILES string of the molecule is Cc1ccc([C@@H]2CC(=O)C3=C(C2)Nc2ncnn2[C@@H]3c2ccco2)cc1. The van der Waals surface area contributed by atoms with Crippen molar-refractivity contribution in [3.63, 3.8) is 0 Å². The summed E-state index contributed by atoms with van der Waals surface area (Å²) in [7, 11) is 0. The number of aryl methyl sites for hydroxylation is 1. The van der Waals surface area contributed by atoms with Gasteiger partial charge in [-0.15, -0.1) is 0 Å². The quantitative estimate of drug-likeness (QED) is 0.767. The molecule has 1 N–H and O–H groups in total. The van der Waals surface area contributed by atoms with Gasteiger partial charge in [-0.3, -0.25) is 4.79 Å². The molecule has 130 valence electrons. The van der Waals surface area contributed by atoms with Crippen molar-refractivity contribution in [2.45, 2.75) is 31.7 Å². The molecule has 6 nitrogen and oxygen atoms in total. The van der Waals surface area contributed by atoms with Gasteiger partial charge in [0.25, 0.3) is 0 Å². The van der Waals surface area contributed by atoms with E-state index in [2.05, 4.69) is 46.6 Å². The second kappa shape index (κ2) is 5.69. The lowest BCUT2D eigenvalue weighted by atomic mass is 9.78. The average Bonchev–Trinajstić information content (AvgIpc) is 3.32. The van der Waals surface area contributed by atoms with Crippen molar-refractivity contribution >= 4 is 11.7 Å². The summed E-state index contributed by atoms with van der Waals surface area (Å²) >= 11 is 0. The van der Waals surface area contributed by atoms with Crippen LogP contribution in [-0.4, -0.2) is 20.5 Å². The number of allylic oxidation sites excluding steroid dienone is 2. The third kappa shape index (κ3) is 2.29. The van der Waals surface area contributed by atoms with Gasteiger partial charge < -0.3 is 9.73 Å². The number of hydrogen-bond acceptors (Lipinski definition) is 5. The standard InChI is InChI=1S/C20H18N4O2/c1-12-4-6-13(7-5-12)14-9-15-18(16(25)10-14)19(17-3-2-8-26-17)24-20(23-15)21-11-22-24/h2-8,11,14,19H,9-10H2,1H3,(H,21,22,23)/t14-,19+/m0/s1. The molecule has 1 aromatic carbocycles. The second-order valence-electron chi connectivity index (χ2n) is 6.90. The highest BCUT2D eigenvalue weighted by molar-refractivity contribution is 6.00. The lowest BCUT2D eigenvalue weighted by molar-refractivity contribution is -0.116. The van der Waals surface area contributed by atoms with Gasteiger partial charge in [-0.1, -0.05) is 29.8 Å². The molecule has 0 saturated heterocycles. The molecule has 0 saturated carbocycles. The minimum atomic E-state index is -0.356. The number of nitrogens with zero attached hydrogens (tertiary/aromatic N) is 3. The summed E-state index contributed by atoms with van der Waals surface area (Å²) in [5, 5.41) is 7.62. The molecule has 6 heteroatoms. The Bertz CT molecular complexity index is 999. The van der Waals surface area contributed by atoms with E-state index in [0.29, 0.717) is 18.1 Å². The maximum atomic E-state index is 13.1. The van der Waals surface area contributed by atoms with E-state index in [0.717, 1.165) is 17.7 Å². The van der Waals surface area contributed by atoms with E-state index in [4.69, 9.17) is 4.42 Å². The lowest BCUT2D eigenvalue weighted by Gasteiger charge is -2.34. The lowest BCUT2D eigenvalue weighted by Crippen LogP contribution is -2.33. The summed E-state index contributed by atoms with van der Waals surface area (Å²) in [6, 6.07) is 11.8. The zero-order valence-electron chi connectivity index (χ0n) is 14.3. The van der Waals surface area contributed by atoms with Crippen molar-refractivity contribution in [1.29, 1.82) is 0 Å². The topological polar surface area (TPSA) is 73.0 Å². The molecule has 0 unspecified atom stereocenters. The predicted molar refractivity (Wildman–Crippen MR) is 95.7 cm³/mol. The normalized spacial score (nSPS) is 22.0. The van der Waals surface area contributed by atoms with Crippen LogP contribution in [0.4, 0.5) is 5.95 Å². The Kier molecular flexibility index (Phi) is 3.31. The first-order chi connectivity index (χ1) is 12.7. The van der Waals surface area contributed by atoms with E-state index in [1.54, 1.807) is 10.9 Å². The molecule has 3 aromatic rings. The average molecular weight is 346 g/mol. The van der Waals surface area contributed by atoms with Crippen LogP contribution in [0.1, 0.15) is 41.7 Å². The van der Waals surface area contributed by atoms with Crippen LogP contribution >= 0.6 is 0 Å². The number of nitrogens with one attached hydrogen (secondary N) is 1. The van der Waals surface area contributed by atoms with E-state index in [1.165, 1.54) is 17.5 Å². The Morgan fingerprint density at radius 3 is 2.81 bits per heavy atom. The number of benzene rings is 1. The monoisotopic (exact) mass is 346 g/mol. The number of aromatic nitrogens is 3. The number of hydrogen-bond donors (Lipinski definition) is 1. The molecule has 0 radical (unpaired) electrons. The fraction of sp³-hybridized carbons (Fsp3) is 0.250. The molecule has 0 spiro atoms. The molecule has 1 aliphatic heterocycles. The summed E-state index contributed by atoms with van der Waals surface area (Å²) in [5.41, 5.74) is 4.08. The molecular weight excluding hydrogens is 328 g/mol. The molecular formula is C20H18N4O2. The van der Waals surface area contributed by atoms with Crippen molar-refractivity contribution in [1.82, 2.24) is 14.8 Å². The Morgan fingerprint density at radius 2 is 2.04 bits per heavy atom. The largest absolute Gasteiger partial charge is 0.467 e. The Morgan fingerprint density at radius 1 is 1.19 bits per heavy atom. The van der Waals surface area contributed by atoms with Crippen LogP contribution < -0.4 is 5.32 Å². The zero-order chi connectivity index (χ0) is 17.7. The molecule has 26 heavy (non-hydrogen) atoms. The smallest absolute Gasteiger partial charge is 0.226 e. The molecule has 0 amide bonds. The third-order valence-corrected chi connectivity index (χ3v) is 5.22. The summed E-state index contributed by atoms with van der Waals surface area (Å²) in [6.07, 6.45) is 4.38. The van der Waals surface area contributed by atoms with Crippen molar-refractivity contribution in [3.8, 4) is 0 Å². The van der Waals surface area contributed by atoms with E-state index >= 15 is 0 Å². The molecule has 2 aromatic heterocycles. The number of rotatable bonds is 2. The van der Waals surface area contributed by atoms with Gasteiger partial charge >= 0.3 is 0 Å². The first-order valence-electron chi connectivity index (χ1n) is 8.73. The summed E-state index contributed by atoms with van der Waals surface area (Å²) in [4.78, 5) is 17.4. The maximum Gasteiger partial charge on any atom is 0.226 e. The predicted octanol–water partition coefficient (Wildman–Crippen LogP) is 3.60. The maximum absolute atomic E-state index is 13.1. The summed E-state index contributed by atoms with van der Waals surface area (Å²) in [6.45, 7) is 2.07. The zero-order valence-corrected chi connectivity index (χ0v) is 14.3. The molecule has 5 rings (SSSR count). The van der Waals surface area contributed by atoms with Gasteiger partial charge in [0.15, 0.2) is 5.78 Å². The Hall–Kier alpha value is -3.15. The fourth-order valence-electron chi connectivity index (χ4n) is 3.94. The van der Waals surface area contributed by atoms with E-state index in [1.807, 2.05) is 12.1 Å².